The second-order valence-electron chi connectivity index (χ2n) is 8.02. The molecule has 6 nitrogen and oxygen atoms in total. The van der Waals surface area contributed by atoms with Crippen LogP contribution in [0.25, 0.3) is 11.5 Å². The first kappa shape index (κ1) is 21.3. The van der Waals surface area contributed by atoms with Crippen molar-refractivity contribution in [1.82, 2.24) is 9.88 Å². The molecule has 1 aliphatic heterocycles. The minimum absolute atomic E-state index is 0.0414. The Kier molecular flexibility index (Phi) is 5.96. The molecule has 4 rings (SSSR count). The number of sulfone groups is 1. The summed E-state index contributed by atoms with van der Waals surface area (Å²) in [5.41, 5.74) is 2.73. The highest BCUT2D eigenvalue weighted by molar-refractivity contribution is 7.90. The predicted molar refractivity (Wildman–Crippen MR) is 118 cm³/mol. The number of piperidine rings is 1. The highest BCUT2D eigenvalue weighted by atomic mass is 32.2. The zero-order valence-electron chi connectivity index (χ0n) is 17.8. The fraction of sp³-hybridized carbons (Fsp3) is 0.333. The average Bonchev–Trinajstić information content (AvgIpc) is 3.14. The lowest BCUT2D eigenvalue weighted by atomic mass is 10.1. The quantitative estimate of drug-likeness (QED) is 0.583. The van der Waals surface area contributed by atoms with Crippen molar-refractivity contribution in [1.29, 1.82) is 0 Å². The van der Waals surface area contributed by atoms with Crippen LogP contribution in [0.15, 0.2) is 57.8 Å². The van der Waals surface area contributed by atoms with Crippen LogP contribution in [-0.2, 0) is 15.6 Å². The van der Waals surface area contributed by atoms with E-state index in [0.717, 1.165) is 31.5 Å². The van der Waals surface area contributed by atoms with Crippen LogP contribution < -0.4 is 0 Å². The van der Waals surface area contributed by atoms with Gasteiger partial charge in [-0.3, -0.25) is 4.79 Å². The molecule has 0 N–H and O–H groups in total. The van der Waals surface area contributed by atoms with E-state index in [1.54, 1.807) is 55.5 Å². The smallest absolute Gasteiger partial charge is 0.253 e. The molecular formula is C24H26N2O4S. The average molecular weight is 439 g/mol. The van der Waals surface area contributed by atoms with Crippen LogP contribution in [-0.4, -0.2) is 37.3 Å². The molecule has 0 radical (unpaired) electrons. The number of benzene rings is 2. The second kappa shape index (κ2) is 8.67. The molecule has 0 unspecified atom stereocenters. The van der Waals surface area contributed by atoms with E-state index in [1.165, 1.54) is 6.42 Å². The first-order chi connectivity index (χ1) is 14.8. The van der Waals surface area contributed by atoms with E-state index in [0.29, 0.717) is 28.5 Å². The SMILES string of the molecule is Cc1ccc(S(=O)(=O)Cc2nc(-c3ccc(C(=O)N4CCCCC4)cc3)oc2C)cc1. The molecule has 0 saturated carbocycles. The van der Waals surface area contributed by atoms with Gasteiger partial charge in [-0.05, 0) is 69.5 Å². The molecule has 2 heterocycles. The van der Waals surface area contributed by atoms with Crippen molar-refractivity contribution < 1.29 is 17.6 Å². The number of oxazole rings is 1. The maximum atomic E-state index is 12.8. The molecule has 1 fully saturated rings. The van der Waals surface area contributed by atoms with Gasteiger partial charge in [0.15, 0.2) is 9.84 Å². The van der Waals surface area contributed by atoms with Crippen molar-refractivity contribution in [2.75, 3.05) is 13.1 Å². The number of aromatic nitrogens is 1. The van der Waals surface area contributed by atoms with Crippen molar-refractivity contribution in [2.24, 2.45) is 0 Å². The van der Waals surface area contributed by atoms with Crippen molar-refractivity contribution in [2.45, 2.75) is 43.8 Å². The van der Waals surface area contributed by atoms with Crippen LogP contribution in [0.1, 0.15) is 46.6 Å². The van der Waals surface area contributed by atoms with Crippen LogP contribution in [0.3, 0.4) is 0 Å². The zero-order valence-corrected chi connectivity index (χ0v) is 18.6. The minimum atomic E-state index is -3.52. The summed E-state index contributed by atoms with van der Waals surface area (Å²) >= 11 is 0. The second-order valence-corrected chi connectivity index (χ2v) is 10.0. The standard InChI is InChI=1S/C24H26N2O4S/c1-17-6-12-21(13-7-17)31(28,29)16-22-18(2)30-23(25-22)19-8-10-20(11-9-19)24(27)26-14-4-3-5-15-26/h6-13H,3-5,14-16H2,1-2H3. The summed E-state index contributed by atoms with van der Waals surface area (Å²) in [6.07, 6.45) is 3.27. The molecule has 1 saturated heterocycles. The highest BCUT2D eigenvalue weighted by Crippen LogP contribution is 2.26. The molecule has 31 heavy (non-hydrogen) atoms. The zero-order chi connectivity index (χ0) is 22.0. The molecule has 0 bridgehead atoms. The Balaban J connectivity index is 1.52. The van der Waals surface area contributed by atoms with Gasteiger partial charge in [-0.15, -0.1) is 0 Å². The van der Waals surface area contributed by atoms with Gasteiger partial charge >= 0.3 is 0 Å². The Morgan fingerprint density at radius 3 is 2.26 bits per heavy atom. The largest absolute Gasteiger partial charge is 0.441 e. The molecule has 1 aliphatic rings. The van der Waals surface area contributed by atoms with Gasteiger partial charge in [0.2, 0.25) is 5.89 Å². The van der Waals surface area contributed by atoms with E-state index in [-0.39, 0.29) is 16.6 Å². The Labute approximate surface area is 182 Å². The van der Waals surface area contributed by atoms with Crippen LogP contribution in [0.4, 0.5) is 0 Å². The molecule has 0 aliphatic carbocycles. The van der Waals surface area contributed by atoms with E-state index in [1.807, 2.05) is 11.8 Å². The number of rotatable bonds is 5. The van der Waals surface area contributed by atoms with Gasteiger partial charge in [0, 0.05) is 24.2 Å². The summed E-state index contributed by atoms with van der Waals surface area (Å²) in [6.45, 7) is 5.23. The van der Waals surface area contributed by atoms with Crippen molar-refractivity contribution in [3.8, 4) is 11.5 Å². The molecule has 7 heteroatoms. The minimum Gasteiger partial charge on any atom is -0.441 e. The van der Waals surface area contributed by atoms with E-state index in [2.05, 4.69) is 4.98 Å². The molecule has 1 amide bonds. The fourth-order valence-electron chi connectivity index (χ4n) is 3.73. The van der Waals surface area contributed by atoms with Gasteiger partial charge < -0.3 is 9.32 Å². The van der Waals surface area contributed by atoms with Gasteiger partial charge in [0.05, 0.1) is 10.6 Å². The van der Waals surface area contributed by atoms with Gasteiger partial charge in [-0.1, -0.05) is 17.7 Å². The third-order valence-electron chi connectivity index (χ3n) is 5.62. The van der Waals surface area contributed by atoms with Crippen LogP contribution in [0.2, 0.25) is 0 Å². The van der Waals surface area contributed by atoms with Crippen molar-refractivity contribution in [3.63, 3.8) is 0 Å². The molecular weight excluding hydrogens is 412 g/mol. The Morgan fingerprint density at radius 2 is 1.61 bits per heavy atom. The van der Waals surface area contributed by atoms with Crippen molar-refractivity contribution in [3.05, 3.63) is 71.1 Å². The molecule has 3 aromatic rings. The third-order valence-corrected chi connectivity index (χ3v) is 7.27. The monoisotopic (exact) mass is 438 g/mol. The summed E-state index contributed by atoms with van der Waals surface area (Å²) in [7, 11) is -3.52. The molecule has 2 aromatic carbocycles. The van der Waals surface area contributed by atoms with Gasteiger partial charge in [0.25, 0.3) is 5.91 Å². The first-order valence-electron chi connectivity index (χ1n) is 10.5. The lowest BCUT2D eigenvalue weighted by Crippen LogP contribution is -2.35. The predicted octanol–water partition coefficient (Wildman–Crippen LogP) is 4.56. The number of aryl methyl sites for hydroxylation is 2. The van der Waals surface area contributed by atoms with Gasteiger partial charge in [-0.2, -0.15) is 0 Å². The maximum absolute atomic E-state index is 12.8. The number of hydrogen-bond acceptors (Lipinski definition) is 5. The van der Waals surface area contributed by atoms with Crippen LogP contribution in [0.5, 0.6) is 0 Å². The third kappa shape index (κ3) is 4.71. The molecule has 0 atom stereocenters. The fourth-order valence-corrected chi connectivity index (χ4v) is 5.07. The maximum Gasteiger partial charge on any atom is 0.253 e. The van der Waals surface area contributed by atoms with Gasteiger partial charge in [-0.25, -0.2) is 13.4 Å². The Hall–Kier alpha value is -2.93. The topological polar surface area (TPSA) is 80.5 Å². The Bertz CT molecular complexity index is 1170. The highest BCUT2D eigenvalue weighted by Gasteiger charge is 2.22. The number of hydrogen-bond donors (Lipinski definition) is 0. The van der Waals surface area contributed by atoms with E-state index in [4.69, 9.17) is 4.42 Å². The summed E-state index contributed by atoms with van der Waals surface area (Å²) in [6, 6.07) is 13.9. The molecule has 162 valence electrons. The van der Waals surface area contributed by atoms with E-state index in [9.17, 15) is 13.2 Å². The lowest BCUT2D eigenvalue weighted by molar-refractivity contribution is 0.0724. The number of carbonyl (C=O) groups is 1. The number of amides is 1. The van der Waals surface area contributed by atoms with Crippen molar-refractivity contribution >= 4 is 15.7 Å². The Morgan fingerprint density at radius 1 is 0.968 bits per heavy atom. The molecule has 1 aromatic heterocycles. The van der Waals surface area contributed by atoms with E-state index >= 15 is 0 Å². The van der Waals surface area contributed by atoms with Crippen LogP contribution >= 0.6 is 0 Å². The lowest BCUT2D eigenvalue weighted by Gasteiger charge is -2.26. The summed E-state index contributed by atoms with van der Waals surface area (Å²) in [5, 5.41) is 0. The first-order valence-corrected chi connectivity index (χ1v) is 12.1. The summed E-state index contributed by atoms with van der Waals surface area (Å²) < 4.78 is 31.3. The van der Waals surface area contributed by atoms with E-state index < -0.39 is 9.84 Å². The number of carbonyl (C=O) groups excluding carboxylic acids is 1. The molecule has 0 spiro atoms. The number of likely N-dealkylation sites (tertiary alicyclic amines) is 1. The normalized spacial score (nSPS) is 14.6. The summed E-state index contributed by atoms with van der Waals surface area (Å²) in [5.74, 6) is 0.638. The number of nitrogens with zero attached hydrogens (tertiary/aromatic N) is 2. The summed E-state index contributed by atoms with van der Waals surface area (Å²) in [4.78, 5) is 19.2. The van der Waals surface area contributed by atoms with Crippen LogP contribution in [0, 0.1) is 13.8 Å². The van der Waals surface area contributed by atoms with Gasteiger partial charge in [0.1, 0.15) is 11.5 Å².